The molecule has 26 heavy (non-hydrogen) atoms. The van der Waals surface area contributed by atoms with E-state index in [0.717, 1.165) is 30.7 Å². The molecule has 5 nitrogen and oxygen atoms in total. The predicted molar refractivity (Wildman–Crippen MR) is 110 cm³/mol. The maximum Gasteiger partial charge on any atom is 0.172 e. The van der Waals surface area contributed by atoms with Gasteiger partial charge in [0.2, 0.25) is 0 Å². The Morgan fingerprint density at radius 2 is 1.96 bits per heavy atom. The molecule has 0 saturated heterocycles. The molecule has 0 aliphatic carbocycles. The number of phenols is 1. The molecule has 2 aromatic rings. The van der Waals surface area contributed by atoms with Gasteiger partial charge in [-0.3, -0.25) is 5.41 Å². The molecule has 0 aliphatic rings. The van der Waals surface area contributed by atoms with Gasteiger partial charge in [-0.2, -0.15) is 0 Å². The van der Waals surface area contributed by atoms with Crippen LogP contribution in [0.3, 0.4) is 0 Å². The highest BCUT2D eigenvalue weighted by Crippen LogP contribution is 2.25. The SMILES string of the molecule is C=c1c(Nc2ccc(N(CC)CC)cc2C)c/c(=C/OC=N)c(O)c1Cl. The van der Waals surface area contributed by atoms with Crippen molar-refractivity contribution >= 4 is 47.9 Å². The Labute approximate surface area is 158 Å². The molecule has 0 spiro atoms. The summed E-state index contributed by atoms with van der Waals surface area (Å²) in [5.74, 6) is -0.127. The van der Waals surface area contributed by atoms with Gasteiger partial charge in [-0.25, -0.2) is 0 Å². The zero-order valence-electron chi connectivity index (χ0n) is 15.3. The van der Waals surface area contributed by atoms with Gasteiger partial charge in [0, 0.05) is 35.4 Å². The van der Waals surface area contributed by atoms with Crippen LogP contribution >= 0.6 is 11.6 Å². The van der Waals surface area contributed by atoms with Crippen molar-refractivity contribution in [1.29, 1.82) is 5.41 Å². The zero-order valence-corrected chi connectivity index (χ0v) is 16.0. The summed E-state index contributed by atoms with van der Waals surface area (Å²) in [5.41, 5.74) is 3.84. The van der Waals surface area contributed by atoms with E-state index in [2.05, 4.69) is 42.8 Å². The van der Waals surface area contributed by atoms with E-state index >= 15 is 0 Å². The lowest BCUT2D eigenvalue weighted by atomic mass is 10.1. The second-order valence-corrected chi connectivity index (χ2v) is 6.20. The van der Waals surface area contributed by atoms with Crippen molar-refractivity contribution in [3.63, 3.8) is 0 Å². The quantitative estimate of drug-likeness (QED) is 0.393. The van der Waals surface area contributed by atoms with E-state index in [0.29, 0.717) is 16.1 Å². The third-order valence-corrected chi connectivity index (χ3v) is 4.65. The molecule has 138 valence electrons. The lowest BCUT2D eigenvalue weighted by molar-refractivity contribution is 0.466. The lowest BCUT2D eigenvalue weighted by Crippen LogP contribution is -2.21. The number of nitrogens with zero attached hydrogens (tertiary/aromatic N) is 1. The van der Waals surface area contributed by atoms with Crippen molar-refractivity contribution in [1.82, 2.24) is 0 Å². The zero-order chi connectivity index (χ0) is 19.3. The van der Waals surface area contributed by atoms with E-state index < -0.39 is 0 Å². The van der Waals surface area contributed by atoms with Crippen molar-refractivity contribution < 1.29 is 9.84 Å². The molecular weight excluding hydrogens is 350 g/mol. The maximum absolute atomic E-state index is 10.1. The van der Waals surface area contributed by atoms with Crippen LogP contribution in [0, 0.1) is 12.3 Å². The van der Waals surface area contributed by atoms with Gasteiger partial charge in [0.1, 0.15) is 12.0 Å². The van der Waals surface area contributed by atoms with Gasteiger partial charge >= 0.3 is 0 Å². The first-order valence-corrected chi connectivity index (χ1v) is 8.78. The van der Waals surface area contributed by atoms with E-state index in [9.17, 15) is 5.11 Å². The number of rotatable bonds is 7. The number of aromatic hydroxyl groups is 1. The molecule has 2 rings (SSSR count). The van der Waals surface area contributed by atoms with Crippen LogP contribution in [-0.2, 0) is 4.74 Å². The summed E-state index contributed by atoms with van der Waals surface area (Å²) in [6.07, 6.45) is 2.03. The normalized spacial score (nSPS) is 11.3. The minimum Gasteiger partial charge on any atom is -0.506 e. The summed E-state index contributed by atoms with van der Waals surface area (Å²) >= 11 is 6.19. The van der Waals surface area contributed by atoms with Crippen LogP contribution in [0.2, 0.25) is 5.02 Å². The summed E-state index contributed by atoms with van der Waals surface area (Å²) in [7, 11) is 0. The first kappa shape index (κ1) is 19.7. The standard InChI is InChI=1S/C20H24ClN3O2/c1-5-24(6-2)16-7-8-17(13(3)9-16)23-18-10-15(11-26-12-22)20(25)19(21)14(18)4/h7-12,22-23,25H,4-6H2,1-3H3/b15-11-,22-12?. The number of anilines is 3. The fourth-order valence-electron chi connectivity index (χ4n) is 2.73. The van der Waals surface area contributed by atoms with E-state index in [4.69, 9.17) is 21.7 Å². The molecule has 6 heteroatoms. The molecule has 0 radical (unpaired) electrons. The molecule has 0 amide bonds. The molecule has 0 aliphatic heterocycles. The number of ether oxygens (including phenoxy) is 1. The highest BCUT2D eigenvalue weighted by Gasteiger charge is 2.10. The van der Waals surface area contributed by atoms with Crippen molar-refractivity contribution in [3.8, 4) is 5.75 Å². The lowest BCUT2D eigenvalue weighted by Gasteiger charge is -2.22. The fraction of sp³-hybridized carbons (Fsp3) is 0.250. The average Bonchev–Trinajstić information content (AvgIpc) is 2.64. The second kappa shape index (κ2) is 8.63. The van der Waals surface area contributed by atoms with Crippen LogP contribution in [0.5, 0.6) is 5.75 Å². The summed E-state index contributed by atoms with van der Waals surface area (Å²) in [5, 5.41) is 21.4. The molecule has 0 heterocycles. The van der Waals surface area contributed by atoms with Gasteiger partial charge in [-0.15, -0.1) is 0 Å². The number of halogens is 1. The topological polar surface area (TPSA) is 68.6 Å². The van der Waals surface area contributed by atoms with E-state index in [1.807, 2.05) is 13.0 Å². The van der Waals surface area contributed by atoms with Gasteiger partial charge in [-0.1, -0.05) is 18.2 Å². The smallest absolute Gasteiger partial charge is 0.172 e. The number of hydrogen-bond donors (Lipinski definition) is 3. The summed E-state index contributed by atoms with van der Waals surface area (Å²) in [6.45, 7) is 12.1. The molecule has 2 aromatic carbocycles. The van der Waals surface area contributed by atoms with Gasteiger partial charge in [0.15, 0.2) is 6.40 Å². The maximum atomic E-state index is 10.1. The van der Waals surface area contributed by atoms with Gasteiger partial charge in [0.05, 0.1) is 10.2 Å². The van der Waals surface area contributed by atoms with Gasteiger partial charge in [0.25, 0.3) is 0 Å². The summed E-state index contributed by atoms with van der Waals surface area (Å²) in [6, 6.07) is 7.90. The number of hydrogen-bond acceptors (Lipinski definition) is 5. The van der Waals surface area contributed by atoms with Crippen LogP contribution in [0.4, 0.5) is 17.1 Å². The highest BCUT2D eigenvalue weighted by atomic mass is 35.5. The third kappa shape index (κ3) is 4.11. The Hall–Kier alpha value is -2.66. The highest BCUT2D eigenvalue weighted by molar-refractivity contribution is 6.32. The Morgan fingerprint density at radius 1 is 1.27 bits per heavy atom. The average molecular weight is 374 g/mol. The van der Waals surface area contributed by atoms with E-state index in [1.165, 1.54) is 11.9 Å². The molecule has 0 saturated carbocycles. The number of phenolic OH excluding ortho intramolecular Hbond substituents is 1. The molecule has 0 fully saturated rings. The minimum absolute atomic E-state index is 0.127. The van der Waals surface area contributed by atoms with Crippen LogP contribution in [0.25, 0.3) is 12.8 Å². The van der Waals surface area contributed by atoms with Crippen molar-refractivity contribution in [2.75, 3.05) is 23.3 Å². The first-order valence-electron chi connectivity index (χ1n) is 8.40. The molecule has 0 aromatic heterocycles. The van der Waals surface area contributed by atoms with Crippen molar-refractivity contribution in [2.45, 2.75) is 20.8 Å². The number of nitrogens with one attached hydrogen (secondary N) is 2. The van der Waals surface area contributed by atoms with Crippen LogP contribution in [0.15, 0.2) is 24.3 Å². The van der Waals surface area contributed by atoms with E-state index in [-0.39, 0.29) is 10.8 Å². The molecule has 0 bridgehead atoms. The number of benzene rings is 2. The summed E-state index contributed by atoms with van der Waals surface area (Å²) in [4.78, 5) is 2.28. The van der Waals surface area contributed by atoms with Crippen molar-refractivity contribution in [3.05, 3.63) is 45.3 Å². The minimum atomic E-state index is -0.127. The Morgan fingerprint density at radius 3 is 2.54 bits per heavy atom. The number of aryl methyl sites for hydroxylation is 1. The second-order valence-electron chi connectivity index (χ2n) is 5.82. The first-order chi connectivity index (χ1) is 12.4. The predicted octanol–water partition coefficient (Wildman–Crippen LogP) is 3.72. The largest absolute Gasteiger partial charge is 0.506 e. The third-order valence-electron chi connectivity index (χ3n) is 4.24. The van der Waals surface area contributed by atoms with Gasteiger partial charge < -0.3 is 20.1 Å². The fourth-order valence-corrected chi connectivity index (χ4v) is 2.94. The van der Waals surface area contributed by atoms with Crippen LogP contribution in [-0.4, -0.2) is 24.6 Å². The van der Waals surface area contributed by atoms with Crippen LogP contribution < -0.4 is 20.7 Å². The van der Waals surface area contributed by atoms with Crippen LogP contribution in [0.1, 0.15) is 19.4 Å². The monoisotopic (exact) mass is 373 g/mol. The van der Waals surface area contributed by atoms with Gasteiger partial charge in [-0.05, 0) is 50.6 Å². The molecule has 0 unspecified atom stereocenters. The molecule has 0 atom stereocenters. The molecule has 3 N–H and O–H groups in total. The van der Waals surface area contributed by atoms with Crippen molar-refractivity contribution in [2.24, 2.45) is 0 Å². The van der Waals surface area contributed by atoms with E-state index in [1.54, 1.807) is 6.07 Å². The Balaban J connectivity index is 2.44. The summed E-state index contributed by atoms with van der Waals surface area (Å²) < 4.78 is 4.84. The molecular formula is C20H24ClN3O2. The Bertz CT molecular complexity index is 908. The Kier molecular flexibility index (Phi) is 6.52.